The van der Waals surface area contributed by atoms with Crippen molar-refractivity contribution < 1.29 is 0 Å². The Hall–Kier alpha value is -1.25. The molecular weight excluding hydrogens is 174 g/mol. The molecule has 0 saturated heterocycles. The molecule has 78 valence electrons. The summed E-state index contributed by atoms with van der Waals surface area (Å²) in [4.78, 5) is 4.17. The van der Waals surface area contributed by atoms with E-state index in [1.165, 1.54) is 25.7 Å². The van der Waals surface area contributed by atoms with E-state index in [4.69, 9.17) is 5.73 Å². The maximum Gasteiger partial charge on any atom is 0.127 e. The third-order valence-electron chi connectivity index (χ3n) is 2.12. The highest BCUT2D eigenvalue weighted by Crippen LogP contribution is 2.08. The summed E-state index contributed by atoms with van der Waals surface area (Å²) in [7, 11) is 0. The van der Waals surface area contributed by atoms with Crippen molar-refractivity contribution in [3.63, 3.8) is 0 Å². The van der Waals surface area contributed by atoms with Crippen molar-refractivity contribution in [2.24, 2.45) is 0 Å². The molecule has 0 saturated carbocycles. The molecule has 0 radical (unpaired) electrons. The summed E-state index contributed by atoms with van der Waals surface area (Å²) < 4.78 is 0. The molecule has 3 nitrogen and oxygen atoms in total. The summed E-state index contributed by atoms with van der Waals surface area (Å²) in [6, 6.07) is 3.65. The third-order valence-corrected chi connectivity index (χ3v) is 2.12. The maximum absolute atomic E-state index is 5.63. The fourth-order valence-electron chi connectivity index (χ4n) is 1.31. The lowest BCUT2D eigenvalue weighted by Gasteiger charge is -2.05. The predicted octanol–water partition coefficient (Wildman–Crippen LogP) is 2.66. The van der Waals surface area contributed by atoms with Gasteiger partial charge in [0, 0.05) is 24.5 Å². The van der Waals surface area contributed by atoms with E-state index >= 15 is 0 Å². The van der Waals surface area contributed by atoms with Gasteiger partial charge >= 0.3 is 0 Å². The van der Waals surface area contributed by atoms with E-state index in [-0.39, 0.29) is 0 Å². The fourth-order valence-corrected chi connectivity index (χ4v) is 1.31. The fraction of sp³-hybridized carbons (Fsp3) is 0.545. The van der Waals surface area contributed by atoms with Gasteiger partial charge in [-0.05, 0) is 12.5 Å². The van der Waals surface area contributed by atoms with E-state index in [1.54, 1.807) is 12.3 Å². The molecule has 0 bridgehead atoms. The molecule has 0 aliphatic heterocycles. The Morgan fingerprint density at radius 3 is 2.93 bits per heavy atom. The molecule has 0 spiro atoms. The maximum atomic E-state index is 5.63. The van der Waals surface area contributed by atoms with Crippen molar-refractivity contribution >= 4 is 11.5 Å². The summed E-state index contributed by atoms with van der Waals surface area (Å²) in [6.45, 7) is 3.20. The number of pyridine rings is 1. The van der Waals surface area contributed by atoms with Gasteiger partial charge in [0.15, 0.2) is 0 Å². The molecule has 3 heteroatoms. The number of nitrogen functional groups attached to an aromatic ring is 1. The van der Waals surface area contributed by atoms with Gasteiger partial charge in [0.25, 0.3) is 0 Å². The van der Waals surface area contributed by atoms with Crippen LogP contribution in [0, 0.1) is 0 Å². The van der Waals surface area contributed by atoms with Crippen molar-refractivity contribution in [3.05, 3.63) is 18.3 Å². The van der Waals surface area contributed by atoms with Gasteiger partial charge in [-0.15, -0.1) is 0 Å². The molecule has 0 aromatic carbocycles. The number of nitrogens with zero attached hydrogens (tertiary/aromatic N) is 1. The molecule has 1 heterocycles. The Bertz CT molecular complexity index is 260. The molecule has 0 unspecified atom stereocenters. The highest BCUT2D eigenvalue weighted by atomic mass is 15.0. The number of nitrogens with two attached hydrogens (primary N) is 1. The Kier molecular flexibility index (Phi) is 4.83. The van der Waals surface area contributed by atoms with Crippen LogP contribution in [0.3, 0.4) is 0 Å². The van der Waals surface area contributed by atoms with Crippen molar-refractivity contribution in [1.82, 2.24) is 4.98 Å². The molecule has 1 aromatic heterocycles. The van der Waals surface area contributed by atoms with Crippen LogP contribution in [0.1, 0.15) is 32.6 Å². The summed E-state index contributed by atoms with van der Waals surface area (Å²) in [6.07, 6.45) is 6.79. The molecular formula is C11H19N3. The largest absolute Gasteiger partial charge is 0.399 e. The number of aromatic nitrogens is 1. The van der Waals surface area contributed by atoms with Gasteiger partial charge < -0.3 is 11.1 Å². The normalized spacial score (nSPS) is 10.1. The summed E-state index contributed by atoms with van der Waals surface area (Å²) >= 11 is 0. The minimum absolute atomic E-state index is 0.760. The van der Waals surface area contributed by atoms with Crippen LogP contribution < -0.4 is 11.1 Å². The standard InChI is InChI=1S/C11H19N3/c1-2-3-4-5-7-13-11-9-10(12)6-8-14-11/h6,8-9H,2-5,7H2,1H3,(H3,12,13,14). The van der Waals surface area contributed by atoms with Crippen LogP contribution in [0.5, 0.6) is 0 Å². The van der Waals surface area contributed by atoms with Crippen LogP contribution in [0.15, 0.2) is 18.3 Å². The molecule has 0 aliphatic carbocycles. The number of hydrogen-bond acceptors (Lipinski definition) is 3. The second-order valence-electron chi connectivity index (χ2n) is 3.46. The van der Waals surface area contributed by atoms with Gasteiger partial charge in [-0.1, -0.05) is 26.2 Å². The first-order chi connectivity index (χ1) is 6.83. The lowest BCUT2D eigenvalue weighted by Crippen LogP contribution is -2.03. The van der Waals surface area contributed by atoms with Gasteiger partial charge in [-0.25, -0.2) is 4.98 Å². The van der Waals surface area contributed by atoms with E-state index in [9.17, 15) is 0 Å². The zero-order chi connectivity index (χ0) is 10.2. The second kappa shape index (κ2) is 6.24. The van der Waals surface area contributed by atoms with Gasteiger partial charge in [-0.3, -0.25) is 0 Å². The molecule has 3 N–H and O–H groups in total. The van der Waals surface area contributed by atoms with E-state index in [0.29, 0.717) is 0 Å². The van der Waals surface area contributed by atoms with E-state index in [1.807, 2.05) is 6.07 Å². The minimum Gasteiger partial charge on any atom is -0.399 e. The van der Waals surface area contributed by atoms with E-state index in [0.717, 1.165) is 18.1 Å². The SMILES string of the molecule is CCCCCCNc1cc(N)ccn1. The van der Waals surface area contributed by atoms with Crippen LogP contribution in [0.4, 0.5) is 11.5 Å². The summed E-state index contributed by atoms with van der Waals surface area (Å²) in [5, 5.41) is 3.25. The molecule has 0 fully saturated rings. The van der Waals surface area contributed by atoms with E-state index < -0.39 is 0 Å². The Morgan fingerprint density at radius 1 is 1.36 bits per heavy atom. The topological polar surface area (TPSA) is 50.9 Å². The summed E-state index contributed by atoms with van der Waals surface area (Å²) in [5.74, 6) is 0.876. The molecule has 0 atom stereocenters. The van der Waals surface area contributed by atoms with E-state index in [2.05, 4.69) is 17.2 Å². The highest BCUT2D eigenvalue weighted by molar-refractivity contribution is 5.48. The van der Waals surface area contributed by atoms with Gasteiger partial charge in [0.1, 0.15) is 5.82 Å². The molecule has 1 rings (SSSR count). The number of hydrogen-bond donors (Lipinski definition) is 2. The zero-order valence-corrected chi connectivity index (χ0v) is 8.79. The predicted molar refractivity (Wildman–Crippen MR) is 61.3 cm³/mol. The molecule has 14 heavy (non-hydrogen) atoms. The van der Waals surface area contributed by atoms with Crippen molar-refractivity contribution in [1.29, 1.82) is 0 Å². The third kappa shape index (κ3) is 4.12. The Labute approximate surface area is 85.7 Å². The minimum atomic E-state index is 0.760. The monoisotopic (exact) mass is 193 g/mol. The number of unbranched alkanes of at least 4 members (excludes halogenated alkanes) is 3. The lowest BCUT2D eigenvalue weighted by molar-refractivity contribution is 0.684. The smallest absolute Gasteiger partial charge is 0.127 e. The zero-order valence-electron chi connectivity index (χ0n) is 8.79. The number of anilines is 2. The average Bonchev–Trinajstić information content (AvgIpc) is 2.18. The molecule has 0 aliphatic rings. The molecule has 1 aromatic rings. The van der Waals surface area contributed by atoms with Crippen molar-refractivity contribution in [2.45, 2.75) is 32.6 Å². The Balaban J connectivity index is 2.18. The number of rotatable bonds is 6. The van der Waals surface area contributed by atoms with Crippen LogP contribution >= 0.6 is 0 Å². The summed E-state index contributed by atoms with van der Waals surface area (Å²) in [5.41, 5.74) is 6.39. The van der Waals surface area contributed by atoms with Gasteiger partial charge in [-0.2, -0.15) is 0 Å². The van der Waals surface area contributed by atoms with Crippen molar-refractivity contribution in [2.75, 3.05) is 17.6 Å². The number of nitrogens with one attached hydrogen (secondary N) is 1. The average molecular weight is 193 g/mol. The molecule has 0 amide bonds. The first-order valence-corrected chi connectivity index (χ1v) is 5.28. The lowest BCUT2D eigenvalue weighted by atomic mass is 10.2. The highest BCUT2D eigenvalue weighted by Gasteiger charge is 1.93. The van der Waals surface area contributed by atoms with Crippen LogP contribution in [0.25, 0.3) is 0 Å². The first kappa shape index (κ1) is 10.8. The van der Waals surface area contributed by atoms with Gasteiger partial charge in [0.05, 0.1) is 0 Å². The quantitative estimate of drug-likeness (QED) is 0.683. The Morgan fingerprint density at radius 2 is 2.21 bits per heavy atom. The first-order valence-electron chi connectivity index (χ1n) is 5.28. The van der Waals surface area contributed by atoms with Crippen molar-refractivity contribution in [3.8, 4) is 0 Å². The van der Waals surface area contributed by atoms with Gasteiger partial charge in [0.2, 0.25) is 0 Å². The van der Waals surface area contributed by atoms with Crippen LogP contribution in [-0.4, -0.2) is 11.5 Å². The van der Waals surface area contributed by atoms with Crippen LogP contribution in [-0.2, 0) is 0 Å². The van der Waals surface area contributed by atoms with Crippen LogP contribution in [0.2, 0.25) is 0 Å². The second-order valence-corrected chi connectivity index (χ2v) is 3.46.